The van der Waals surface area contributed by atoms with Gasteiger partial charge in [-0.3, -0.25) is 0 Å². The van der Waals surface area contributed by atoms with Crippen molar-refractivity contribution in [2.75, 3.05) is 6.61 Å². The molecule has 3 rings (SSSR count). The number of ether oxygens (including phenoxy) is 2. The minimum absolute atomic E-state index is 0.147. The van der Waals surface area contributed by atoms with Crippen molar-refractivity contribution in [3.05, 3.63) is 29.8 Å². The Bertz CT molecular complexity index is 468. The Morgan fingerprint density at radius 3 is 2.86 bits per heavy atom. The third kappa shape index (κ3) is 3.58. The lowest BCUT2D eigenvalue weighted by atomic mass is 9.74. The molecule has 1 saturated carbocycles. The van der Waals surface area contributed by atoms with Gasteiger partial charge in [0, 0.05) is 31.0 Å². The molecule has 21 heavy (non-hydrogen) atoms. The summed E-state index contributed by atoms with van der Waals surface area (Å²) in [6, 6.07) is 8.89. The topological polar surface area (TPSA) is 30.5 Å². The van der Waals surface area contributed by atoms with Crippen LogP contribution < -0.4 is 10.1 Å². The molecule has 1 aliphatic carbocycles. The van der Waals surface area contributed by atoms with E-state index in [1.54, 1.807) is 0 Å². The summed E-state index contributed by atoms with van der Waals surface area (Å²) in [6.07, 6.45) is 6.10. The quantitative estimate of drug-likeness (QED) is 0.897. The number of rotatable bonds is 5. The van der Waals surface area contributed by atoms with E-state index < -0.39 is 0 Å². The molecule has 116 valence electrons. The molecule has 2 fully saturated rings. The van der Waals surface area contributed by atoms with Gasteiger partial charge in [0.15, 0.2) is 0 Å². The Hall–Kier alpha value is -1.06. The van der Waals surface area contributed by atoms with Crippen LogP contribution in [0.25, 0.3) is 0 Å². The fraction of sp³-hybridized carbons (Fsp3) is 0.667. The maximum atomic E-state index is 6.33. The Labute approximate surface area is 128 Å². The lowest BCUT2D eigenvalue weighted by Crippen LogP contribution is -2.48. The van der Waals surface area contributed by atoms with E-state index in [4.69, 9.17) is 9.47 Å². The van der Waals surface area contributed by atoms with E-state index in [2.05, 4.69) is 43.4 Å². The summed E-state index contributed by atoms with van der Waals surface area (Å²) in [5.74, 6) is 1.03. The first-order valence-electron chi connectivity index (χ1n) is 8.29. The monoisotopic (exact) mass is 289 g/mol. The lowest BCUT2D eigenvalue weighted by molar-refractivity contribution is -0.153. The summed E-state index contributed by atoms with van der Waals surface area (Å²) in [5.41, 5.74) is 1.40. The van der Waals surface area contributed by atoms with Gasteiger partial charge in [-0.15, -0.1) is 0 Å². The molecule has 1 aromatic carbocycles. The third-order valence-corrected chi connectivity index (χ3v) is 4.68. The first-order chi connectivity index (χ1) is 10.2. The Morgan fingerprint density at radius 2 is 2.14 bits per heavy atom. The second kappa shape index (κ2) is 6.37. The molecule has 0 radical (unpaired) electrons. The summed E-state index contributed by atoms with van der Waals surface area (Å²) in [5, 5.41) is 3.47. The number of nitrogens with one attached hydrogen (secondary N) is 1. The second-order valence-corrected chi connectivity index (χ2v) is 6.76. The van der Waals surface area contributed by atoms with E-state index >= 15 is 0 Å². The van der Waals surface area contributed by atoms with Crippen LogP contribution >= 0.6 is 0 Å². The van der Waals surface area contributed by atoms with E-state index in [1.807, 2.05) is 0 Å². The van der Waals surface area contributed by atoms with Crippen molar-refractivity contribution < 1.29 is 9.47 Å². The number of hydrogen-bond donors (Lipinski definition) is 1. The van der Waals surface area contributed by atoms with Gasteiger partial charge in [-0.05, 0) is 25.3 Å². The minimum Gasteiger partial charge on any atom is -0.490 e. The van der Waals surface area contributed by atoms with Crippen LogP contribution in [0.3, 0.4) is 0 Å². The van der Waals surface area contributed by atoms with Gasteiger partial charge < -0.3 is 14.8 Å². The Balaban J connectivity index is 1.63. The molecule has 2 aliphatic rings. The number of para-hydroxylation sites is 1. The van der Waals surface area contributed by atoms with Gasteiger partial charge in [0.2, 0.25) is 0 Å². The molecule has 0 bridgehead atoms. The van der Waals surface area contributed by atoms with Crippen LogP contribution in [0.1, 0.15) is 51.5 Å². The molecule has 1 aromatic rings. The van der Waals surface area contributed by atoms with Crippen molar-refractivity contribution in [1.82, 2.24) is 5.32 Å². The summed E-state index contributed by atoms with van der Waals surface area (Å²) in [7, 11) is 0. The molecular formula is C18H27NO2. The van der Waals surface area contributed by atoms with Crippen molar-refractivity contribution in [3.63, 3.8) is 0 Å². The van der Waals surface area contributed by atoms with Crippen LogP contribution in [-0.2, 0) is 11.3 Å². The molecule has 1 spiro atoms. The molecule has 1 unspecified atom stereocenters. The molecule has 1 N–H and O–H groups in total. The SMILES string of the molecule is CC(C)NCc1ccccc1OC1CCOC2(CCC2)C1. The smallest absolute Gasteiger partial charge is 0.124 e. The van der Waals surface area contributed by atoms with Gasteiger partial charge in [0.05, 0.1) is 12.2 Å². The van der Waals surface area contributed by atoms with E-state index in [-0.39, 0.29) is 5.60 Å². The van der Waals surface area contributed by atoms with Crippen molar-refractivity contribution in [2.24, 2.45) is 0 Å². The molecule has 1 aliphatic heterocycles. The first-order valence-corrected chi connectivity index (χ1v) is 8.29. The van der Waals surface area contributed by atoms with Crippen molar-refractivity contribution in [1.29, 1.82) is 0 Å². The zero-order valence-electron chi connectivity index (χ0n) is 13.2. The van der Waals surface area contributed by atoms with Gasteiger partial charge in [-0.2, -0.15) is 0 Å². The van der Waals surface area contributed by atoms with E-state index in [0.717, 1.165) is 31.7 Å². The van der Waals surface area contributed by atoms with Gasteiger partial charge in [-0.1, -0.05) is 32.0 Å². The zero-order valence-corrected chi connectivity index (χ0v) is 13.2. The van der Waals surface area contributed by atoms with Gasteiger partial charge in [0.25, 0.3) is 0 Å². The predicted octanol–water partition coefficient (Wildman–Crippen LogP) is 3.67. The summed E-state index contributed by atoms with van der Waals surface area (Å²) >= 11 is 0. The Morgan fingerprint density at radius 1 is 1.33 bits per heavy atom. The molecule has 0 amide bonds. The molecule has 1 heterocycles. The molecule has 0 aromatic heterocycles. The van der Waals surface area contributed by atoms with Gasteiger partial charge in [-0.25, -0.2) is 0 Å². The number of hydrogen-bond acceptors (Lipinski definition) is 3. The molecular weight excluding hydrogens is 262 g/mol. The zero-order chi connectivity index (χ0) is 14.7. The van der Waals surface area contributed by atoms with Crippen molar-refractivity contribution in [2.45, 2.75) is 70.2 Å². The normalized spacial score (nSPS) is 24.0. The average molecular weight is 289 g/mol. The maximum Gasteiger partial charge on any atom is 0.124 e. The van der Waals surface area contributed by atoms with Crippen LogP contribution in [0.4, 0.5) is 0 Å². The largest absolute Gasteiger partial charge is 0.490 e. The molecule has 3 heteroatoms. The molecule has 1 saturated heterocycles. The Kier molecular flexibility index (Phi) is 4.51. The first kappa shape index (κ1) is 14.9. The molecule has 1 atom stereocenters. The van der Waals surface area contributed by atoms with E-state index in [9.17, 15) is 0 Å². The lowest BCUT2D eigenvalue weighted by Gasteiger charge is -2.47. The predicted molar refractivity (Wildman–Crippen MR) is 84.6 cm³/mol. The van der Waals surface area contributed by atoms with E-state index in [0.29, 0.717) is 12.1 Å². The van der Waals surface area contributed by atoms with Crippen LogP contribution in [0.5, 0.6) is 5.75 Å². The van der Waals surface area contributed by atoms with Gasteiger partial charge in [0.1, 0.15) is 11.9 Å². The summed E-state index contributed by atoms with van der Waals surface area (Å²) in [4.78, 5) is 0. The van der Waals surface area contributed by atoms with Crippen LogP contribution in [0, 0.1) is 0 Å². The maximum absolute atomic E-state index is 6.33. The van der Waals surface area contributed by atoms with Crippen LogP contribution in [-0.4, -0.2) is 24.4 Å². The highest BCUT2D eigenvalue weighted by Gasteiger charge is 2.43. The fourth-order valence-corrected chi connectivity index (χ4v) is 3.26. The van der Waals surface area contributed by atoms with Crippen molar-refractivity contribution >= 4 is 0 Å². The standard InChI is InChI=1S/C18H27NO2/c1-14(2)19-13-15-6-3-4-7-17(15)21-16-8-11-20-18(12-16)9-5-10-18/h3-4,6-7,14,16,19H,5,8-13H2,1-2H3. The average Bonchev–Trinajstić information content (AvgIpc) is 2.45. The fourth-order valence-electron chi connectivity index (χ4n) is 3.26. The van der Waals surface area contributed by atoms with Crippen LogP contribution in [0.15, 0.2) is 24.3 Å². The number of benzene rings is 1. The highest BCUT2D eigenvalue weighted by atomic mass is 16.5. The van der Waals surface area contributed by atoms with Crippen molar-refractivity contribution in [3.8, 4) is 5.75 Å². The minimum atomic E-state index is 0.147. The van der Waals surface area contributed by atoms with Gasteiger partial charge >= 0.3 is 0 Å². The van der Waals surface area contributed by atoms with E-state index in [1.165, 1.54) is 24.8 Å². The summed E-state index contributed by atoms with van der Waals surface area (Å²) in [6.45, 7) is 6.05. The highest BCUT2D eigenvalue weighted by Crippen LogP contribution is 2.43. The molecule has 3 nitrogen and oxygen atoms in total. The third-order valence-electron chi connectivity index (χ3n) is 4.68. The highest BCUT2D eigenvalue weighted by molar-refractivity contribution is 5.33. The van der Waals surface area contributed by atoms with Crippen LogP contribution in [0.2, 0.25) is 0 Å². The summed E-state index contributed by atoms with van der Waals surface area (Å²) < 4.78 is 12.3. The second-order valence-electron chi connectivity index (χ2n) is 6.76.